The predicted octanol–water partition coefficient (Wildman–Crippen LogP) is 3.50. The third-order valence-electron chi connectivity index (χ3n) is 4.32. The van der Waals surface area contributed by atoms with Crippen LogP contribution in [0.1, 0.15) is 18.4 Å². The largest absolute Gasteiger partial charge is 0.489 e. The number of fused-ring (bicyclic) bond motifs is 1. The molecule has 126 valence electrons. The number of hydrogen-bond acceptors (Lipinski definition) is 4. The molecule has 0 radical (unpaired) electrons. The van der Waals surface area contributed by atoms with E-state index in [9.17, 15) is 9.59 Å². The summed E-state index contributed by atoms with van der Waals surface area (Å²) in [6.07, 6.45) is 1.55. The molecule has 5 heteroatoms. The Balaban J connectivity index is 1.46. The van der Waals surface area contributed by atoms with Crippen molar-refractivity contribution in [3.8, 4) is 5.75 Å². The molecule has 1 aromatic heterocycles. The highest BCUT2D eigenvalue weighted by Gasteiger charge is 2.21. The predicted molar refractivity (Wildman–Crippen MR) is 94.8 cm³/mol. The third-order valence-corrected chi connectivity index (χ3v) is 4.32. The van der Waals surface area contributed by atoms with E-state index in [0.717, 1.165) is 29.6 Å². The fourth-order valence-electron chi connectivity index (χ4n) is 2.99. The molecule has 1 amide bonds. The van der Waals surface area contributed by atoms with Crippen LogP contribution in [-0.4, -0.2) is 12.5 Å². The zero-order valence-corrected chi connectivity index (χ0v) is 13.6. The number of amides is 1. The number of hydrogen-bond donors (Lipinski definition) is 0. The normalized spacial score (nSPS) is 14.2. The van der Waals surface area contributed by atoms with Crippen molar-refractivity contribution in [3.63, 3.8) is 0 Å². The van der Waals surface area contributed by atoms with Crippen molar-refractivity contribution >= 4 is 22.6 Å². The van der Waals surface area contributed by atoms with E-state index in [-0.39, 0.29) is 11.5 Å². The molecule has 2 aromatic carbocycles. The Morgan fingerprint density at radius 3 is 2.56 bits per heavy atom. The van der Waals surface area contributed by atoms with Gasteiger partial charge in [-0.15, -0.1) is 0 Å². The van der Waals surface area contributed by atoms with Gasteiger partial charge in [0.05, 0.1) is 0 Å². The lowest BCUT2D eigenvalue weighted by Crippen LogP contribution is -2.23. The number of nitrogens with zero attached hydrogens (tertiary/aromatic N) is 1. The second kappa shape index (κ2) is 6.43. The number of carbonyl (C=O) groups is 1. The van der Waals surface area contributed by atoms with Crippen LogP contribution in [0.2, 0.25) is 0 Å². The lowest BCUT2D eigenvalue weighted by molar-refractivity contribution is -0.117. The molecule has 2 heterocycles. The lowest BCUT2D eigenvalue weighted by Gasteiger charge is -2.16. The molecule has 0 unspecified atom stereocenters. The minimum Gasteiger partial charge on any atom is -0.489 e. The van der Waals surface area contributed by atoms with Gasteiger partial charge in [0.15, 0.2) is 0 Å². The lowest BCUT2D eigenvalue weighted by atomic mass is 10.2. The van der Waals surface area contributed by atoms with Gasteiger partial charge in [-0.1, -0.05) is 12.1 Å². The molecule has 0 saturated carbocycles. The molecule has 1 aliphatic heterocycles. The second-order valence-electron chi connectivity index (χ2n) is 6.06. The monoisotopic (exact) mass is 335 g/mol. The van der Waals surface area contributed by atoms with Crippen LogP contribution < -0.4 is 15.3 Å². The van der Waals surface area contributed by atoms with Crippen LogP contribution in [0, 0.1) is 0 Å². The van der Waals surface area contributed by atoms with E-state index in [1.807, 2.05) is 41.3 Å². The summed E-state index contributed by atoms with van der Waals surface area (Å²) >= 11 is 0. The van der Waals surface area contributed by atoms with Gasteiger partial charge in [0.1, 0.15) is 17.9 Å². The zero-order valence-electron chi connectivity index (χ0n) is 13.6. The first-order valence-electron chi connectivity index (χ1n) is 8.25. The molecule has 0 spiro atoms. The molecule has 1 aliphatic rings. The standard InChI is InChI=1S/C20H17NO4/c22-19-2-1-11-21(19)16-7-3-14(4-8-16)13-24-17-9-5-15-6-10-20(23)25-18(15)12-17/h3-10,12H,1-2,11,13H2. The van der Waals surface area contributed by atoms with E-state index in [4.69, 9.17) is 9.15 Å². The second-order valence-corrected chi connectivity index (χ2v) is 6.06. The van der Waals surface area contributed by atoms with E-state index in [2.05, 4.69) is 0 Å². The molecule has 1 saturated heterocycles. The van der Waals surface area contributed by atoms with Crippen LogP contribution in [0.4, 0.5) is 5.69 Å². The first-order valence-corrected chi connectivity index (χ1v) is 8.25. The van der Waals surface area contributed by atoms with E-state index in [1.165, 1.54) is 6.07 Å². The van der Waals surface area contributed by atoms with E-state index in [1.54, 1.807) is 12.1 Å². The van der Waals surface area contributed by atoms with Crippen molar-refractivity contribution in [1.82, 2.24) is 0 Å². The summed E-state index contributed by atoms with van der Waals surface area (Å²) < 4.78 is 10.9. The average Bonchev–Trinajstić information content (AvgIpc) is 3.06. The fourth-order valence-corrected chi connectivity index (χ4v) is 2.99. The Bertz CT molecular complexity index is 975. The quantitative estimate of drug-likeness (QED) is 0.685. The van der Waals surface area contributed by atoms with E-state index >= 15 is 0 Å². The zero-order chi connectivity index (χ0) is 17.2. The van der Waals surface area contributed by atoms with Crippen molar-refractivity contribution in [2.75, 3.05) is 11.4 Å². The van der Waals surface area contributed by atoms with E-state index < -0.39 is 0 Å². The van der Waals surface area contributed by atoms with Gasteiger partial charge in [-0.3, -0.25) is 4.79 Å². The van der Waals surface area contributed by atoms with Crippen molar-refractivity contribution in [2.24, 2.45) is 0 Å². The molecule has 4 rings (SSSR count). The molecular formula is C20H17NO4. The van der Waals surface area contributed by atoms with Crippen LogP contribution >= 0.6 is 0 Å². The Hall–Kier alpha value is -3.08. The van der Waals surface area contributed by atoms with Crippen molar-refractivity contribution in [2.45, 2.75) is 19.4 Å². The SMILES string of the molecule is O=C1CCCN1c1ccc(COc2ccc3ccc(=O)oc3c2)cc1. The van der Waals surface area contributed by atoms with Gasteiger partial charge in [-0.25, -0.2) is 4.79 Å². The summed E-state index contributed by atoms with van der Waals surface area (Å²) in [5.41, 5.74) is 2.06. The van der Waals surface area contributed by atoms with Crippen molar-refractivity contribution in [1.29, 1.82) is 0 Å². The number of benzene rings is 2. The highest BCUT2D eigenvalue weighted by molar-refractivity contribution is 5.95. The van der Waals surface area contributed by atoms with Crippen molar-refractivity contribution < 1.29 is 13.9 Å². The number of anilines is 1. The van der Waals surface area contributed by atoms with Crippen LogP contribution in [0.3, 0.4) is 0 Å². The van der Waals surface area contributed by atoms with E-state index in [0.29, 0.717) is 24.4 Å². The first-order chi connectivity index (χ1) is 12.2. The number of ether oxygens (including phenoxy) is 1. The van der Waals surface area contributed by atoms with Gasteiger partial charge in [0.25, 0.3) is 0 Å². The summed E-state index contributed by atoms with van der Waals surface area (Å²) in [6, 6.07) is 16.4. The molecule has 1 fully saturated rings. The Labute approximate surface area is 144 Å². The third kappa shape index (κ3) is 3.26. The first kappa shape index (κ1) is 15.4. The van der Waals surface area contributed by atoms with Crippen LogP contribution in [0.25, 0.3) is 11.0 Å². The minimum atomic E-state index is -0.378. The summed E-state index contributed by atoms with van der Waals surface area (Å²) in [5.74, 6) is 0.822. The van der Waals surface area contributed by atoms with Crippen molar-refractivity contribution in [3.05, 3.63) is 70.6 Å². The maximum Gasteiger partial charge on any atom is 0.336 e. The molecule has 0 aliphatic carbocycles. The highest BCUT2D eigenvalue weighted by atomic mass is 16.5. The molecule has 0 bridgehead atoms. The topological polar surface area (TPSA) is 59.8 Å². The van der Waals surface area contributed by atoms with Gasteiger partial charge < -0.3 is 14.1 Å². The van der Waals surface area contributed by atoms with Gasteiger partial charge in [-0.2, -0.15) is 0 Å². The minimum absolute atomic E-state index is 0.182. The molecule has 5 nitrogen and oxygen atoms in total. The number of rotatable bonds is 4. The summed E-state index contributed by atoms with van der Waals surface area (Å²) in [4.78, 5) is 24.9. The van der Waals surface area contributed by atoms with Crippen LogP contribution in [0.15, 0.2) is 63.8 Å². The smallest absolute Gasteiger partial charge is 0.336 e. The van der Waals surface area contributed by atoms with Crippen LogP contribution in [0.5, 0.6) is 5.75 Å². The maximum absolute atomic E-state index is 11.8. The average molecular weight is 335 g/mol. The number of carbonyl (C=O) groups excluding carboxylic acids is 1. The van der Waals surface area contributed by atoms with Gasteiger partial charge in [0, 0.05) is 36.2 Å². The Morgan fingerprint density at radius 2 is 1.80 bits per heavy atom. The fraction of sp³-hybridized carbons (Fsp3) is 0.200. The summed E-state index contributed by atoms with van der Waals surface area (Å²) in [6.45, 7) is 1.19. The summed E-state index contributed by atoms with van der Waals surface area (Å²) in [5, 5.41) is 0.853. The molecule has 0 atom stereocenters. The highest BCUT2D eigenvalue weighted by Crippen LogP contribution is 2.23. The molecule has 0 N–H and O–H groups in total. The van der Waals surface area contributed by atoms with Gasteiger partial charge >= 0.3 is 5.63 Å². The molecule has 25 heavy (non-hydrogen) atoms. The maximum atomic E-state index is 11.8. The van der Waals surface area contributed by atoms with Gasteiger partial charge in [0.2, 0.25) is 5.91 Å². The Morgan fingerprint density at radius 1 is 1.00 bits per heavy atom. The Kier molecular flexibility index (Phi) is 3.98. The van der Waals surface area contributed by atoms with Crippen LogP contribution in [-0.2, 0) is 11.4 Å². The molecule has 3 aromatic rings. The van der Waals surface area contributed by atoms with Gasteiger partial charge in [-0.05, 0) is 42.3 Å². The molecular weight excluding hydrogens is 318 g/mol. The summed E-state index contributed by atoms with van der Waals surface area (Å²) in [7, 11) is 0.